The predicted octanol–water partition coefficient (Wildman–Crippen LogP) is 1.50. The highest BCUT2D eigenvalue weighted by atomic mass is 16.6. The van der Waals surface area contributed by atoms with E-state index in [-0.39, 0.29) is 0 Å². The van der Waals surface area contributed by atoms with Crippen LogP contribution in [0.3, 0.4) is 0 Å². The van der Waals surface area contributed by atoms with E-state index in [0.29, 0.717) is 12.5 Å². The van der Waals surface area contributed by atoms with Gasteiger partial charge in [0.25, 0.3) is 0 Å². The average Bonchev–Trinajstić information content (AvgIpc) is 3.04. The van der Waals surface area contributed by atoms with Gasteiger partial charge in [-0.2, -0.15) is 5.26 Å². The molecule has 0 bridgehead atoms. The van der Waals surface area contributed by atoms with Crippen LogP contribution in [0.4, 0.5) is 0 Å². The Morgan fingerprint density at radius 3 is 3.06 bits per heavy atom. The zero-order valence-corrected chi connectivity index (χ0v) is 8.76. The number of epoxide rings is 1. The molecule has 2 aromatic rings. The van der Waals surface area contributed by atoms with E-state index < -0.39 is 0 Å². The quantitative estimate of drug-likeness (QED) is 0.726. The number of aromatic nitrogens is 2. The molecule has 2 heterocycles. The average molecular weight is 213 g/mol. The molecule has 80 valence electrons. The molecule has 3 rings (SSSR count). The molecule has 0 saturated carbocycles. The first-order chi connectivity index (χ1) is 7.88. The predicted molar refractivity (Wildman–Crippen MR) is 58.8 cm³/mol. The molecule has 4 nitrogen and oxygen atoms in total. The van der Waals surface area contributed by atoms with Gasteiger partial charge in [-0.25, -0.2) is 4.98 Å². The largest absolute Gasteiger partial charge is 0.371 e. The summed E-state index contributed by atoms with van der Waals surface area (Å²) in [5.74, 6) is 0.833. The molecule has 1 saturated heterocycles. The van der Waals surface area contributed by atoms with Crippen molar-refractivity contribution >= 4 is 11.0 Å². The van der Waals surface area contributed by atoms with Gasteiger partial charge in [-0.1, -0.05) is 12.1 Å². The summed E-state index contributed by atoms with van der Waals surface area (Å²) in [6, 6.07) is 10.1. The number of hydrogen-bond acceptors (Lipinski definition) is 3. The first kappa shape index (κ1) is 9.37. The molecular formula is C12H11N3O. The third kappa shape index (κ3) is 1.55. The van der Waals surface area contributed by atoms with Gasteiger partial charge in [-0.05, 0) is 12.1 Å². The van der Waals surface area contributed by atoms with E-state index in [2.05, 4.69) is 15.6 Å². The second kappa shape index (κ2) is 3.62. The van der Waals surface area contributed by atoms with E-state index in [4.69, 9.17) is 10.00 Å². The first-order valence-corrected chi connectivity index (χ1v) is 5.31. The second-order valence-electron chi connectivity index (χ2n) is 3.92. The van der Waals surface area contributed by atoms with Crippen LogP contribution in [-0.2, 0) is 17.7 Å². The van der Waals surface area contributed by atoms with Crippen molar-refractivity contribution in [3.8, 4) is 6.07 Å². The van der Waals surface area contributed by atoms with Crippen LogP contribution >= 0.6 is 0 Å². The molecule has 0 spiro atoms. The SMILES string of the molecule is N#CCc1nc2ccccc2n1CC1CO1. The summed E-state index contributed by atoms with van der Waals surface area (Å²) >= 11 is 0. The number of nitriles is 1. The fourth-order valence-corrected chi connectivity index (χ4v) is 1.91. The molecule has 1 aromatic carbocycles. The minimum Gasteiger partial charge on any atom is -0.371 e. The summed E-state index contributed by atoms with van der Waals surface area (Å²) in [7, 11) is 0. The smallest absolute Gasteiger partial charge is 0.124 e. The maximum atomic E-state index is 8.78. The molecule has 0 amide bonds. The van der Waals surface area contributed by atoms with Gasteiger partial charge in [0, 0.05) is 0 Å². The van der Waals surface area contributed by atoms with Gasteiger partial charge in [0.2, 0.25) is 0 Å². The Morgan fingerprint density at radius 1 is 1.50 bits per heavy atom. The van der Waals surface area contributed by atoms with Gasteiger partial charge in [0.15, 0.2) is 0 Å². The fraction of sp³-hybridized carbons (Fsp3) is 0.333. The highest BCUT2D eigenvalue weighted by Crippen LogP contribution is 2.20. The number of rotatable bonds is 3. The normalized spacial score (nSPS) is 18.6. The van der Waals surface area contributed by atoms with Crippen molar-refractivity contribution in [2.24, 2.45) is 0 Å². The molecule has 0 aliphatic carbocycles. The molecule has 16 heavy (non-hydrogen) atoms. The standard InChI is InChI=1S/C12H11N3O/c13-6-5-12-14-10-3-1-2-4-11(10)15(12)7-9-8-16-9/h1-4,9H,5,7-8H2. The number of nitrogens with zero attached hydrogens (tertiary/aromatic N) is 3. The third-order valence-corrected chi connectivity index (χ3v) is 2.76. The van der Waals surface area contributed by atoms with Crippen molar-refractivity contribution in [1.29, 1.82) is 5.26 Å². The van der Waals surface area contributed by atoms with E-state index in [1.807, 2.05) is 24.3 Å². The van der Waals surface area contributed by atoms with Gasteiger partial charge in [0.1, 0.15) is 5.82 Å². The number of benzene rings is 1. The summed E-state index contributed by atoms with van der Waals surface area (Å²) in [4.78, 5) is 4.47. The van der Waals surface area contributed by atoms with E-state index in [1.54, 1.807) is 0 Å². The summed E-state index contributed by atoms with van der Waals surface area (Å²) in [5.41, 5.74) is 2.04. The number of ether oxygens (including phenoxy) is 1. The molecule has 4 heteroatoms. The molecule has 1 unspecified atom stereocenters. The van der Waals surface area contributed by atoms with Crippen LogP contribution < -0.4 is 0 Å². The van der Waals surface area contributed by atoms with Crippen LogP contribution in [0.2, 0.25) is 0 Å². The van der Waals surface area contributed by atoms with Crippen molar-refractivity contribution in [2.75, 3.05) is 6.61 Å². The summed E-state index contributed by atoms with van der Waals surface area (Å²) in [6.07, 6.45) is 0.650. The molecule has 0 radical (unpaired) electrons. The zero-order valence-electron chi connectivity index (χ0n) is 8.76. The number of para-hydroxylation sites is 2. The van der Waals surface area contributed by atoms with Crippen molar-refractivity contribution in [3.05, 3.63) is 30.1 Å². The van der Waals surface area contributed by atoms with Crippen LogP contribution in [0.25, 0.3) is 11.0 Å². The Kier molecular flexibility index (Phi) is 2.12. The van der Waals surface area contributed by atoms with Gasteiger partial charge in [-0.15, -0.1) is 0 Å². The van der Waals surface area contributed by atoms with E-state index in [9.17, 15) is 0 Å². The van der Waals surface area contributed by atoms with Crippen LogP contribution in [0.5, 0.6) is 0 Å². The Balaban J connectivity index is 2.11. The molecular weight excluding hydrogens is 202 g/mol. The Labute approximate surface area is 93.1 Å². The fourth-order valence-electron chi connectivity index (χ4n) is 1.91. The maximum absolute atomic E-state index is 8.78. The topological polar surface area (TPSA) is 54.1 Å². The Morgan fingerprint density at radius 2 is 2.31 bits per heavy atom. The Bertz CT molecular complexity index is 563. The number of fused-ring (bicyclic) bond motifs is 1. The molecule has 1 atom stereocenters. The lowest BCUT2D eigenvalue weighted by Crippen LogP contribution is -2.07. The van der Waals surface area contributed by atoms with Crippen LogP contribution in [0, 0.1) is 11.3 Å². The van der Waals surface area contributed by atoms with Crippen molar-refractivity contribution in [2.45, 2.75) is 19.1 Å². The van der Waals surface area contributed by atoms with Crippen molar-refractivity contribution < 1.29 is 4.74 Å². The highest BCUT2D eigenvalue weighted by molar-refractivity contribution is 5.76. The zero-order chi connectivity index (χ0) is 11.0. The molecule has 1 aromatic heterocycles. The number of hydrogen-bond donors (Lipinski definition) is 0. The van der Waals surface area contributed by atoms with Crippen LogP contribution in [-0.4, -0.2) is 22.3 Å². The third-order valence-electron chi connectivity index (χ3n) is 2.76. The Hall–Kier alpha value is -1.86. The summed E-state index contributed by atoms with van der Waals surface area (Å²) < 4.78 is 7.33. The lowest BCUT2D eigenvalue weighted by molar-refractivity contribution is 0.383. The van der Waals surface area contributed by atoms with Crippen LogP contribution in [0.1, 0.15) is 5.82 Å². The van der Waals surface area contributed by atoms with E-state index in [1.165, 1.54) is 0 Å². The van der Waals surface area contributed by atoms with Gasteiger partial charge in [0.05, 0.1) is 42.8 Å². The lowest BCUT2D eigenvalue weighted by atomic mass is 10.3. The molecule has 0 N–H and O–H groups in total. The van der Waals surface area contributed by atoms with Gasteiger partial charge < -0.3 is 9.30 Å². The van der Waals surface area contributed by atoms with Gasteiger partial charge in [-0.3, -0.25) is 0 Å². The number of imidazole rings is 1. The van der Waals surface area contributed by atoms with Crippen molar-refractivity contribution in [3.63, 3.8) is 0 Å². The monoisotopic (exact) mass is 213 g/mol. The molecule has 1 aliphatic heterocycles. The van der Waals surface area contributed by atoms with E-state index >= 15 is 0 Å². The minimum absolute atomic E-state index is 0.301. The molecule has 1 fully saturated rings. The van der Waals surface area contributed by atoms with Gasteiger partial charge >= 0.3 is 0 Å². The second-order valence-corrected chi connectivity index (χ2v) is 3.92. The summed E-state index contributed by atoms with van der Waals surface area (Å²) in [6.45, 7) is 1.62. The van der Waals surface area contributed by atoms with Crippen molar-refractivity contribution in [1.82, 2.24) is 9.55 Å². The summed E-state index contributed by atoms with van der Waals surface area (Å²) in [5, 5.41) is 8.78. The highest BCUT2D eigenvalue weighted by Gasteiger charge is 2.25. The van der Waals surface area contributed by atoms with Crippen LogP contribution in [0.15, 0.2) is 24.3 Å². The molecule has 1 aliphatic rings. The maximum Gasteiger partial charge on any atom is 0.124 e. The minimum atomic E-state index is 0.301. The first-order valence-electron chi connectivity index (χ1n) is 5.31. The van der Waals surface area contributed by atoms with E-state index in [0.717, 1.165) is 30.0 Å². The lowest BCUT2D eigenvalue weighted by Gasteiger charge is -2.04.